The highest BCUT2D eigenvalue weighted by atomic mass is 32.2. The molecule has 11 heteroatoms. The van der Waals surface area contributed by atoms with Gasteiger partial charge in [0.05, 0.1) is 5.69 Å². The lowest BCUT2D eigenvalue weighted by molar-refractivity contribution is 0.173. The second-order valence-electron chi connectivity index (χ2n) is 8.21. The number of rotatable bonds is 4. The SMILES string of the molecule is CNS(=O)(=O)N1CC2(CCN(C(=O)Nc3nnc(-c4ccccc4)s3)CC2)c2ccccc21. The molecule has 3 aromatic rings. The zero-order valence-corrected chi connectivity index (χ0v) is 19.7. The standard InChI is InChI=1S/C22H24N6O3S2/c1-23-33(30,31)28-15-22(17-9-5-6-10-18(17)28)11-13-27(14-12-22)21(29)24-20-26-25-19(32-20)16-7-3-2-4-8-16/h2-10,23H,11-15H2,1H3,(H,24,26,29). The summed E-state index contributed by atoms with van der Waals surface area (Å²) in [6.45, 7) is 1.43. The van der Waals surface area contributed by atoms with Crippen LogP contribution >= 0.6 is 11.3 Å². The summed E-state index contributed by atoms with van der Waals surface area (Å²) in [6.07, 6.45) is 1.36. The first-order chi connectivity index (χ1) is 15.9. The summed E-state index contributed by atoms with van der Waals surface area (Å²) < 4.78 is 29.1. The average molecular weight is 485 g/mol. The van der Waals surface area contributed by atoms with E-state index >= 15 is 0 Å². The van der Waals surface area contributed by atoms with E-state index in [2.05, 4.69) is 20.2 Å². The van der Waals surface area contributed by atoms with E-state index in [1.807, 2.05) is 54.6 Å². The number of likely N-dealkylation sites (tertiary alicyclic amines) is 1. The molecule has 0 radical (unpaired) electrons. The van der Waals surface area contributed by atoms with E-state index in [9.17, 15) is 13.2 Å². The molecule has 1 spiro atoms. The fourth-order valence-corrected chi connectivity index (χ4v) is 6.41. The van der Waals surface area contributed by atoms with Crippen molar-refractivity contribution in [2.75, 3.05) is 36.3 Å². The number of benzene rings is 2. The molecule has 2 amide bonds. The number of nitrogens with one attached hydrogen (secondary N) is 2. The number of urea groups is 1. The molecule has 0 unspecified atom stereocenters. The molecule has 172 valence electrons. The Morgan fingerprint density at radius 2 is 1.73 bits per heavy atom. The molecular formula is C22H24N6O3S2. The van der Waals surface area contributed by atoms with Gasteiger partial charge in [-0.05, 0) is 24.5 Å². The van der Waals surface area contributed by atoms with Crippen LogP contribution in [0.1, 0.15) is 18.4 Å². The van der Waals surface area contributed by atoms with Gasteiger partial charge in [0, 0.05) is 37.7 Å². The Morgan fingerprint density at radius 1 is 1.03 bits per heavy atom. The highest BCUT2D eigenvalue weighted by Gasteiger charge is 2.48. The van der Waals surface area contributed by atoms with E-state index in [0.29, 0.717) is 43.3 Å². The fraction of sp³-hybridized carbons (Fsp3) is 0.318. The molecule has 2 aliphatic heterocycles. The lowest BCUT2D eigenvalue weighted by Crippen LogP contribution is -2.49. The lowest BCUT2D eigenvalue weighted by atomic mass is 9.74. The molecule has 9 nitrogen and oxygen atoms in total. The third kappa shape index (κ3) is 3.96. The van der Waals surface area contributed by atoms with Crippen LogP contribution in [-0.4, -0.2) is 56.2 Å². The number of piperidine rings is 1. The molecule has 3 heterocycles. The Morgan fingerprint density at radius 3 is 2.45 bits per heavy atom. The van der Waals surface area contributed by atoms with Crippen LogP contribution in [-0.2, 0) is 15.6 Å². The summed E-state index contributed by atoms with van der Waals surface area (Å²) in [5, 5.41) is 12.3. The molecule has 2 N–H and O–H groups in total. The van der Waals surface area contributed by atoms with Gasteiger partial charge in [-0.1, -0.05) is 59.9 Å². The number of amides is 2. The average Bonchev–Trinajstić information content (AvgIpc) is 3.44. The molecule has 0 saturated carbocycles. The molecule has 1 saturated heterocycles. The second kappa shape index (κ2) is 8.40. The Balaban J connectivity index is 1.28. The van der Waals surface area contributed by atoms with Crippen molar-refractivity contribution in [2.45, 2.75) is 18.3 Å². The number of carbonyl (C=O) groups is 1. The predicted octanol–water partition coefficient (Wildman–Crippen LogP) is 3.06. The summed E-state index contributed by atoms with van der Waals surface area (Å²) >= 11 is 1.33. The monoisotopic (exact) mass is 484 g/mol. The smallest absolute Gasteiger partial charge is 0.323 e. The minimum absolute atomic E-state index is 0.216. The van der Waals surface area contributed by atoms with Crippen molar-refractivity contribution in [3.63, 3.8) is 0 Å². The van der Waals surface area contributed by atoms with Gasteiger partial charge >= 0.3 is 16.2 Å². The second-order valence-corrected chi connectivity index (χ2v) is 11.0. The number of para-hydroxylation sites is 1. The van der Waals surface area contributed by atoms with Gasteiger partial charge in [0.1, 0.15) is 5.01 Å². The Bertz CT molecular complexity index is 1270. The number of fused-ring (bicyclic) bond motifs is 2. The molecule has 1 fully saturated rings. The number of carbonyl (C=O) groups excluding carboxylic acids is 1. The lowest BCUT2D eigenvalue weighted by Gasteiger charge is -2.39. The van der Waals surface area contributed by atoms with Crippen molar-refractivity contribution >= 4 is 38.4 Å². The van der Waals surface area contributed by atoms with Gasteiger partial charge in [0.2, 0.25) is 5.13 Å². The molecule has 0 bridgehead atoms. The topological polar surface area (TPSA) is 108 Å². The first kappa shape index (κ1) is 21.8. The normalized spacial score (nSPS) is 17.2. The van der Waals surface area contributed by atoms with Crippen LogP contribution in [0.2, 0.25) is 0 Å². The van der Waals surface area contributed by atoms with Gasteiger partial charge < -0.3 is 4.90 Å². The van der Waals surface area contributed by atoms with Crippen molar-refractivity contribution in [1.29, 1.82) is 0 Å². The first-order valence-corrected chi connectivity index (χ1v) is 12.9. The van der Waals surface area contributed by atoms with Crippen LogP contribution in [0.4, 0.5) is 15.6 Å². The van der Waals surface area contributed by atoms with Crippen LogP contribution in [0, 0.1) is 0 Å². The molecule has 2 aromatic carbocycles. The molecule has 1 aromatic heterocycles. The van der Waals surface area contributed by atoms with Crippen molar-refractivity contribution in [3.05, 3.63) is 60.2 Å². The number of hydrogen-bond donors (Lipinski definition) is 2. The van der Waals surface area contributed by atoms with Crippen molar-refractivity contribution in [1.82, 2.24) is 19.8 Å². The zero-order chi connectivity index (χ0) is 23.1. The number of aromatic nitrogens is 2. The maximum Gasteiger partial charge on any atom is 0.323 e. The van der Waals surface area contributed by atoms with E-state index < -0.39 is 10.2 Å². The first-order valence-electron chi connectivity index (χ1n) is 10.7. The van der Waals surface area contributed by atoms with Crippen LogP contribution in [0.25, 0.3) is 10.6 Å². The van der Waals surface area contributed by atoms with Gasteiger partial charge in [-0.25, -0.2) is 9.52 Å². The third-order valence-electron chi connectivity index (χ3n) is 6.41. The highest BCUT2D eigenvalue weighted by molar-refractivity contribution is 7.90. The number of anilines is 2. The van der Waals surface area contributed by atoms with Crippen LogP contribution < -0.4 is 14.3 Å². The summed E-state index contributed by atoms with van der Waals surface area (Å²) in [5.41, 5.74) is 2.39. The van der Waals surface area contributed by atoms with Crippen LogP contribution in [0.15, 0.2) is 54.6 Å². The molecule has 0 aliphatic carbocycles. The summed E-state index contributed by atoms with van der Waals surface area (Å²) in [6, 6.07) is 17.1. The molecule has 2 aliphatic rings. The minimum Gasteiger partial charge on any atom is -0.324 e. The third-order valence-corrected chi connectivity index (χ3v) is 8.72. The van der Waals surface area contributed by atoms with E-state index in [1.54, 1.807) is 4.90 Å². The Labute approximate surface area is 196 Å². The van der Waals surface area contributed by atoms with Crippen LogP contribution in [0.5, 0.6) is 0 Å². The number of nitrogens with zero attached hydrogens (tertiary/aromatic N) is 4. The zero-order valence-electron chi connectivity index (χ0n) is 18.1. The molecule has 33 heavy (non-hydrogen) atoms. The van der Waals surface area contributed by atoms with E-state index in [4.69, 9.17) is 0 Å². The molecule has 0 atom stereocenters. The Kier molecular flexibility index (Phi) is 5.55. The van der Waals surface area contributed by atoms with Gasteiger partial charge in [0.25, 0.3) is 0 Å². The highest BCUT2D eigenvalue weighted by Crippen LogP contribution is 2.47. The van der Waals surface area contributed by atoms with Gasteiger partial charge in [-0.3, -0.25) is 9.62 Å². The Hall–Kier alpha value is -3.02. The summed E-state index contributed by atoms with van der Waals surface area (Å²) in [4.78, 5) is 14.6. The fourth-order valence-electron chi connectivity index (χ4n) is 4.62. The van der Waals surface area contributed by atoms with Crippen molar-refractivity contribution < 1.29 is 13.2 Å². The van der Waals surface area contributed by atoms with E-state index in [-0.39, 0.29) is 11.4 Å². The van der Waals surface area contributed by atoms with Gasteiger partial charge in [-0.2, -0.15) is 8.42 Å². The summed E-state index contributed by atoms with van der Waals surface area (Å²) in [7, 11) is -2.18. The quantitative estimate of drug-likeness (QED) is 0.592. The maximum absolute atomic E-state index is 12.9. The van der Waals surface area contributed by atoms with Crippen molar-refractivity contribution in [2.24, 2.45) is 0 Å². The van der Waals surface area contributed by atoms with Gasteiger partial charge in [0.15, 0.2) is 0 Å². The maximum atomic E-state index is 12.9. The van der Waals surface area contributed by atoms with E-state index in [0.717, 1.165) is 16.1 Å². The van der Waals surface area contributed by atoms with E-state index in [1.165, 1.54) is 22.7 Å². The molecular weight excluding hydrogens is 460 g/mol. The van der Waals surface area contributed by atoms with Gasteiger partial charge in [-0.15, -0.1) is 10.2 Å². The predicted molar refractivity (Wildman–Crippen MR) is 129 cm³/mol. The summed E-state index contributed by atoms with van der Waals surface area (Å²) in [5.74, 6) is 0. The largest absolute Gasteiger partial charge is 0.324 e. The van der Waals surface area contributed by atoms with Crippen LogP contribution in [0.3, 0.4) is 0 Å². The van der Waals surface area contributed by atoms with Crippen molar-refractivity contribution in [3.8, 4) is 10.6 Å². The molecule has 5 rings (SSSR count). The minimum atomic E-state index is -3.60. The number of hydrogen-bond acceptors (Lipinski definition) is 6.